The van der Waals surface area contributed by atoms with Crippen molar-refractivity contribution in [2.24, 2.45) is 15.0 Å². The summed E-state index contributed by atoms with van der Waals surface area (Å²) in [4.78, 5) is 15.6. The predicted molar refractivity (Wildman–Crippen MR) is 121 cm³/mol. The van der Waals surface area contributed by atoms with Crippen LogP contribution >= 0.6 is 0 Å². The van der Waals surface area contributed by atoms with Crippen molar-refractivity contribution < 1.29 is 0 Å². The zero-order valence-corrected chi connectivity index (χ0v) is 16.5. The molecule has 0 aliphatic carbocycles. The molecule has 0 saturated heterocycles. The van der Waals surface area contributed by atoms with Crippen LogP contribution in [-0.4, -0.2) is 38.6 Å². The maximum atomic E-state index is 4.66. The summed E-state index contributed by atoms with van der Waals surface area (Å²) >= 11 is 0. The van der Waals surface area contributed by atoms with E-state index in [2.05, 4.69) is 34.7 Å². The van der Waals surface area contributed by atoms with E-state index < -0.39 is 0 Å². The summed E-state index contributed by atoms with van der Waals surface area (Å²) < 4.78 is 0. The number of hydrogen-bond donors (Lipinski definition) is 0. The van der Waals surface area contributed by atoms with E-state index in [1.165, 1.54) is 6.20 Å². The first-order valence-corrected chi connectivity index (χ1v) is 8.52. The largest absolute Gasteiger partial charge is 0.262 e. The van der Waals surface area contributed by atoms with Crippen molar-refractivity contribution >= 4 is 33.7 Å². The molecule has 1 aliphatic heterocycles. The molecule has 1 aliphatic rings. The van der Waals surface area contributed by atoms with Crippen molar-refractivity contribution in [3.63, 3.8) is 0 Å². The zero-order chi connectivity index (χ0) is 19.7. The molecule has 0 amide bonds. The molecule has 6 heteroatoms. The highest BCUT2D eigenvalue weighted by atomic mass is 15.3. The number of nitrogens with zero attached hydrogens (tertiary/aromatic N) is 4. The molecule has 0 radical (unpaired) electrons. The van der Waals surface area contributed by atoms with Crippen LogP contribution in [-0.2, 0) is 0 Å². The van der Waals surface area contributed by atoms with Crippen LogP contribution in [0.2, 0.25) is 0 Å². The maximum Gasteiger partial charge on any atom is 0.234 e. The van der Waals surface area contributed by atoms with Crippen LogP contribution in [0.25, 0.3) is 0 Å². The highest BCUT2D eigenvalue weighted by molar-refractivity contribution is 6.25. The number of guanidine groups is 1. The van der Waals surface area contributed by atoms with Crippen LogP contribution in [0, 0.1) is 0 Å². The second kappa shape index (κ2) is 10.2. The maximum absolute atomic E-state index is 4.66. The molecular formula is C20H26B2N4. The third-order valence-electron chi connectivity index (χ3n) is 3.79. The van der Waals surface area contributed by atoms with Gasteiger partial charge in [0.2, 0.25) is 5.96 Å². The van der Waals surface area contributed by atoms with Crippen molar-refractivity contribution in [1.82, 2.24) is 4.90 Å². The fourth-order valence-corrected chi connectivity index (χ4v) is 2.42. The fraction of sp³-hybridized carbons (Fsp3) is 0.150. The van der Waals surface area contributed by atoms with E-state index in [9.17, 15) is 0 Å². The smallest absolute Gasteiger partial charge is 0.234 e. The summed E-state index contributed by atoms with van der Waals surface area (Å²) in [6.45, 7) is 17.4. The number of hydrogen-bond acceptors (Lipinski definition) is 2. The van der Waals surface area contributed by atoms with Gasteiger partial charge in [0.25, 0.3) is 0 Å². The van der Waals surface area contributed by atoms with Crippen LogP contribution in [0.3, 0.4) is 0 Å². The highest BCUT2D eigenvalue weighted by Gasteiger charge is 2.33. The zero-order valence-electron chi connectivity index (χ0n) is 16.5. The number of aliphatic imine (C=N–C) groups is 3. The van der Waals surface area contributed by atoms with Gasteiger partial charge in [0.1, 0.15) is 13.7 Å². The van der Waals surface area contributed by atoms with Crippen molar-refractivity contribution in [2.75, 3.05) is 0 Å². The second-order valence-electron chi connectivity index (χ2n) is 5.50. The quantitative estimate of drug-likeness (QED) is 0.327. The molecule has 0 atom stereocenters. The molecule has 0 aromatic carbocycles. The predicted octanol–water partition coefficient (Wildman–Crippen LogP) is 2.87. The molecule has 0 spiro atoms. The van der Waals surface area contributed by atoms with E-state index in [0.29, 0.717) is 11.8 Å². The minimum atomic E-state index is 0.531. The van der Waals surface area contributed by atoms with Crippen LogP contribution in [0.1, 0.15) is 20.8 Å². The van der Waals surface area contributed by atoms with E-state index in [1.54, 1.807) is 12.3 Å². The van der Waals surface area contributed by atoms with Gasteiger partial charge >= 0.3 is 0 Å². The Morgan fingerprint density at radius 1 is 1.12 bits per heavy atom. The van der Waals surface area contributed by atoms with Crippen LogP contribution in [0.15, 0.2) is 99.2 Å². The van der Waals surface area contributed by atoms with E-state index in [0.717, 1.165) is 27.9 Å². The van der Waals surface area contributed by atoms with Gasteiger partial charge in [-0.1, -0.05) is 49.5 Å². The third kappa shape index (κ3) is 4.60. The minimum Gasteiger partial charge on any atom is -0.262 e. The van der Waals surface area contributed by atoms with Crippen LogP contribution in [0.5, 0.6) is 0 Å². The lowest BCUT2D eigenvalue weighted by Gasteiger charge is -2.21. The summed E-state index contributed by atoms with van der Waals surface area (Å²) in [7, 11) is 3.93. The van der Waals surface area contributed by atoms with E-state index in [-0.39, 0.29) is 0 Å². The average molecular weight is 344 g/mol. The lowest BCUT2D eigenvalue weighted by Crippen LogP contribution is -2.32. The van der Waals surface area contributed by atoms with Gasteiger partial charge in [0.05, 0.1) is 5.70 Å². The van der Waals surface area contributed by atoms with Crippen molar-refractivity contribution in [3.8, 4) is 0 Å². The Labute approximate surface area is 159 Å². The van der Waals surface area contributed by atoms with Gasteiger partial charge in [-0.05, 0) is 32.4 Å². The summed E-state index contributed by atoms with van der Waals surface area (Å²) in [6.07, 6.45) is 12.8. The van der Waals surface area contributed by atoms with Gasteiger partial charge in [-0.25, -0.2) is 15.0 Å². The molecule has 0 saturated carbocycles. The monoisotopic (exact) mass is 344 g/mol. The molecule has 0 bridgehead atoms. The Kier molecular flexibility index (Phi) is 8.29. The Bertz CT molecular complexity index is 806. The Morgan fingerprint density at radius 2 is 1.81 bits per heavy atom. The standard InChI is InChI=1S/C20H26B2N4/c1-7-14(21)13-17-15(8-2)16(9-3)19(23-11-5)26(17)20(24-12-6)25-18(22)10-4/h7-13H,1-2,5,21-22H2,3-4,6H3/b14-13+,16-9-,18-10-,23-19+,24-12-,25-20+. The molecule has 4 nitrogen and oxygen atoms in total. The Hall–Kier alpha value is -2.88. The van der Waals surface area contributed by atoms with Crippen molar-refractivity contribution in [1.29, 1.82) is 0 Å². The molecule has 0 fully saturated rings. The molecule has 1 rings (SSSR count). The summed E-state index contributed by atoms with van der Waals surface area (Å²) in [5, 5.41) is 0. The highest BCUT2D eigenvalue weighted by Crippen LogP contribution is 2.33. The van der Waals surface area contributed by atoms with Gasteiger partial charge in [-0.15, -0.1) is 0 Å². The molecular weight excluding hydrogens is 318 g/mol. The first-order valence-electron chi connectivity index (χ1n) is 8.52. The Balaban J connectivity index is 3.89. The molecule has 0 unspecified atom stereocenters. The summed E-state index contributed by atoms with van der Waals surface area (Å²) in [6, 6.07) is 0. The number of allylic oxidation sites excluding steroid dienone is 6. The summed E-state index contributed by atoms with van der Waals surface area (Å²) in [5.74, 6) is 1.25. The topological polar surface area (TPSA) is 40.3 Å². The first kappa shape index (κ1) is 21.2. The first-order chi connectivity index (χ1) is 12.5. The average Bonchev–Trinajstić information content (AvgIpc) is 2.93. The van der Waals surface area contributed by atoms with Crippen LogP contribution in [0.4, 0.5) is 0 Å². The van der Waals surface area contributed by atoms with Crippen molar-refractivity contribution in [3.05, 3.63) is 84.2 Å². The SMILES string of the molecule is B/C(C=C)=C/C1=C(C=C)C(=C/C)/C(=N\C=C)N1C(/N=C\C)=N/C(B)=C\C. The summed E-state index contributed by atoms with van der Waals surface area (Å²) in [5.41, 5.74) is 4.70. The van der Waals surface area contributed by atoms with Gasteiger partial charge in [0.15, 0.2) is 7.85 Å². The molecule has 26 heavy (non-hydrogen) atoms. The minimum absolute atomic E-state index is 0.531. The molecule has 0 aromatic rings. The molecule has 132 valence electrons. The lowest BCUT2D eigenvalue weighted by molar-refractivity contribution is 0.782. The lowest BCUT2D eigenvalue weighted by atomic mass is 9.94. The second-order valence-corrected chi connectivity index (χ2v) is 5.50. The van der Waals surface area contributed by atoms with Crippen molar-refractivity contribution in [2.45, 2.75) is 20.8 Å². The van der Waals surface area contributed by atoms with Gasteiger partial charge in [-0.2, -0.15) is 0 Å². The van der Waals surface area contributed by atoms with Gasteiger partial charge < -0.3 is 0 Å². The van der Waals surface area contributed by atoms with E-state index >= 15 is 0 Å². The Morgan fingerprint density at radius 3 is 2.27 bits per heavy atom. The molecule has 0 N–H and O–H groups in total. The fourth-order valence-electron chi connectivity index (χ4n) is 2.42. The van der Waals surface area contributed by atoms with Gasteiger partial charge in [0, 0.05) is 23.6 Å². The molecule has 0 aromatic heterocycles. The van der Waals surface area contributed by atoms with Crippen LogP contribution < -0.4 is 0 Å². The van der Waals surface area contributed by atoms with E-state index in [4.69, 9.17) is 0 Å². The number of amidine groups is 1. The normalized spacial score (nSPS) is 19.8. The molecule has 1 heterocycles. The van der Waals surface area contributed by atoms with Gasteiger partial charge in [-0.3, -0.25) is 4.90 Å². The third-order valence-corrected chi connectivity index (χ3v) is 3.79. The van der Waals surface area contributed by atoms with E-state index in [1.807, 2.05) is 65.7 Å². The number of rotatable bonds is 5.